The van der Waals surface area contributed by atoms with Gasteiger partial charge in [0.25, 0.3) is 5.91 Å². The van der Waals surface area contributed by atoms with Crippen molar-refractivity contribution in [2.75, 3.05) is 13.1 Å². The van der Waals surface area contributed by atoms with Crippen molar-refractivity contribution in [2.45, 2.75) is 6.61 Å². The van der Waals surface area contributed by atoms with Crippen LogP contribution in [0.2, 0.25) is 0 Å². The molecule has 0 bridgehead atoms. The molecule has 1 heterocycles. The zero-order valence-electron chi connectivity index (χ0n) is 12.0. The number of furan rings is 1. The fourth-order valence-corrected chi connectivity index (χ4v) is 1.78. The molecule has 0 N–H and O–H groups in total. The molecular weight excluding hydrogens is 301 g/mol. The normalized spacial score (nSPS) is 9.70. The van der Waals surface area contributed by atoms with Crippen LogP contribution in [-0.2, 0) is 6.61 Å². The van der Waals surface area contributed by atoms with E-state index in [2.05, 4.69) is 0 Å². The first-order valence-corrected chi connectivity index (χ1v) is 6.64. The summed E-state index contributed by atoms with van der Waals surface area (Å²) in [6, 6.07) is 12.2. The summed E-state index contributed by atoms with van der Waals surface area (Å²) in [7, 11) is 0. The Morgan fingerprint density at radius 2 is 1.78 bits per heavy atom. The van der Waals surface area contributed by atoms with Crippen molar-refractivity contribution in [3.63, 3.8) is 0 Å². The molecule has 0 aliphatic carbocycles. The predicted molar refractivity (Wildman–Crippen MR) is 76.6 cm³/mol. The third-order valence-corrected chi connectivity index (χ3v) is 2.88. The van der Waals surface area contributed by atoms with Gasteiger partial charge in [-0.2, -0.15) is 10.5 Å². The molecule has 0 saturated heterocycles. The van der Waals surface area contributed by atoms with E-state index in [1.165, 1.54) is 30.3 Å². The van der Waals surface area contributed by atoms with Crippen LogP contribution in [0, 0.1) is 28.5 Å². The van der Waals surface area contributed by atoms with Crippen molar-refractivity contribution in [1.82, 2.24) is 4.90 Å². The zero-order chi connectivity index (χ0) is 16.7. The maximum Gasteiger partial charge on any atom is 0.291 e. The fraction of sp³-hybridized carbons (Fsp3) is 0.188. The third-order valence-electron chi connectivity index (χ3n) is 2.88. The number of nitrogens with zero attached hydrogens (tertiary/aromatic N) is 3. The molecule has 116 valence electrons. The van der Waals surface area contributed by atoms with Crippen molar-refractivity contribution in [3.05, 3.63) is 53.7 Å². The molecule has 1 aromatic heterocycles. The molecule has 1 aromatic carbocycles. The van der Waals surface area contributed by atoms with E-state index in [-0.39, 0.29) is 31.3 Å². The van der Waals surface area contributed by atoms with Crippen LogP contribution < -0.4 is 4.74 Å². The van der Waals surface area contributed by atoms with Gasteiger partial charge < -0.3 is 14.1 Å². The van der Waals surface area contributed by atoms with Gasteiger partial charge in [0.2, 0.25) is 0 Å². The maximum atomic E-state index is 12.8. The number of ether oxygens (including phenoxy) is 1. The second-order valence-corrected chi connectivity index (χ2v) is 4.49. The maximum absolute atomic E-state index is 12.8. The Morgan fingerprint density at radius 1 is 1.13 bits per heavy atom. The lowest BCUT2D eigenvalue weighted by atomic mass is 10.3. The highest BCUT2D eigenvalue weighted by Gasteiger charge is 2.19. The van der Waals surface area contributed by atoms with Gasteiger partial charge in [0.15, 0.2) is 5.76 Å². The first-order chi connectivity index (χ1) is 11.1. The first-order valence-electron chi connectivity index (χ1n) is 6.64. The lowest BCUT2D eigenvalue weighted by Gasteiger charge is -2.13. The predicted octanol–water partition coefficient (Wildman–Crippen LogP) is 2.49. The monoisotopic (exact) mass is 313 g/mol. The SMILES string of the molecule is N#CCN(CC#N)C(=O)c1ccc(COc2ccc(F)cc2)o1. The van der Waals surface area contributed by atoms with Gasteiger partial charge in [0.05, 0.1) is 12.1 Å². The second kappa shape index (κ2) is 7.62. The molecule has 0 saturated carbocycles. The van der Waals surface area contributed by atoms with Crippen LogP contribution in [0.25, 0.3) is 0 Å². The van der Waals surface area contributed by atoms with Crippen molar-refractivity contribution in [2.24, 2.45) is 0 Å². The van der Waals surface area contributed by atoms with Crippen LogP contribution in [-0.4, -0.2) is 23.9 Å². The Morgan fingerprint density at radius 3 is 2.39 bits per heavy atom. The number of benzene rings is 1. The molecule has 0 unspecified atom stereocenters. The average Bonchev–Trinajstić information content (AvgIpc) is 3.02. The van der Waals surface area contributed by atoms with Gasteiger partial charge in [-0.15, -0.1) is 0 Å². The fourth-order valence-electron chi connectivity index (χ4n) is 1.78. The van der Waals surface area contributed by atoms with Crippen molar-refractivity contribution in [3.8, 4) is 17.9 Å². The number of nitriles is 2. The van der Waals surface area contributed by atoms with E-state index in [1.54, 1.807) is 6.07 Å². The minimum atomic E-state index is -0.541. The summed E-state index contributed by atoms with van der Waals surface area (Å²) in [4.78, 5) is 13.2. The molecule has 0 radical (unpaired) electrons. The molecular formula is C16H12FN3O3. The number of rotatable bonds is 6. The summed E-state index contributed by atoms with van der Waals surface area (Å²) in [6.07, 6.45) is 0. The molecule has 0 spiro atoms. The zero-order valence-corrected chi connectivity index (χ0v) is 12.0. The van der Waals surface area contributed by atoms with E-state index in [1.807, 2.05) is 12.1 Å². The number of hydrogen-bond acceptors (Lipinski definition) is 5. The van der Waals surface area contributed by atoms with Gasteiger partial charge in [-0.1, -0.05) is 0 Å². The molecule has 2 rings (SSSR count). The lowest BCUT2D eigenvalue weighted by Crippen LogP contribution is -2.31. The van der Waals surface area contributed by atoms with Crippen LogP contribution in [0.4, 0.5) is 4.39 Å². The Bertz CT molecular complexity index is 740. The lowest BCUT2D eigenvalue weighted by molar-refractivity contribution is 0.0759. The van der Waals surface area contributed by atoms with Crippen LogP contribution in [0.5, 0.6) is 5.75 Å². The van der Waals surface area contributed by atoms with E-state index in [0.717, 1.165) is 4.90 Å². The molecule has 0 atom stereocenters. The Labute approximate surface area is 131 Å². The van der Waals surface area contributed by atoms with Gasteiger partial charge in [0, 0.05) is 0 Å². The minimum Gasteiger partial charge on any atom is -0.486 e. The van der Waals surface area contributed by atoms with Crippen molar-refractivity contribution in [1.29, 1.82) is 10.5 Å². The molecule has 6 nitrogen and oxygen atoms in total. The topological polar surface area (TPSA) is 90.3 Å². The first kappa shape index (κ1) is 16.1. The largest absolute Gasteiger partial charge is 0.486 e. The molecule has 2 aromatic rings. The van der Waals surface area contributed by atoms with Gasteiger partial charge in [-0.05, 0) is 36.4 Å². The van der Waals surface area contributed by atoms with Gasteiger partial charge in [-0.3, -0.25) is 4.79 Å². The van der Waals surface area contributed by atoms with Crippen molar-refractivity contribution >= 4 is 5.91 Å². The van der Waals surface area contributed by atoms with Crippen LogP contribution in [0.15, 0.2) is 40.8 Å². The number of carbonyl (C=O) groups excluding carboxylic acids is 1. The van der Waals surface area contributed by atoms with Crippen LogP contribution in [0.1, 0.15) is 16.3 Å². The molecule has 23 heavy (non-hydrogen) atoms. The van der Waals surface area contributed by atoms with Gasteiger partial charge in [0.1, 0.15) is 37.0 Å². The molecule has 7 heteroatoms. The summed E-state index contributed by atoms with van der Waals surface area (Å²) in [6.45, 7) is -0.335. The van der Waals surface area contributed by atoms with Gasteiger partial charge in [-0.25, -0.2) is 4.39 Å². The van der Waals surface area contributed by atoms with E-state index in [9.17, 15) is 9.18 Å². The summed E-state index contributed by atoms with van der Waals surface area (Å²) in [5.74, 6) is -0.0227. The summed E-state index contributed by atoms with van der Waals surface area (Å²) >= 11 is 0. The highest BCUT2D eigenvalue weighted by molar-refractivity contribution is 5.91. The Kier molecular flexibility index (Phi) is 5.32. The highest BCUT2D eigenvalue weighted by atomic mass is 19.1. The van der Waals surface area contributed by atoms with Crippen LogP contribution >= 0.6 is 0 Å². The average molecular weight is 313 g/mol. The van der Waals surface area contributed by atoms with E-state index < -0.39 is 5.91 Å². The summed E-state index contributed by atoms with van der Waals surface area (Å²) < 4.78 is 23.5. The summed E-state index contributed by atoms with van der Waals surface area (Å²) in [5.41, 5.74) is 0. The number of hydrogen-bond donors (Lipinski definition) is 0. The van der Waals surface area contributed by atoms with E-state index in [0.29, 0.717) is 11.5 Å². The molecule has 1 amide bonds. The Hall–Kier alpha value is -3.32. The van der Waals surface area contributed by atoms with E-state index >= 15 is 0 Å². The van der Waals surface area contributed by atoms with Gasteiger partial charge >= 0.3 is 0 Å². The van der Waals surface area contributed by atoms with Crippen LogP contribution in [0.3, 0.4) is 0 Å². The Balaban J connectivity index is 1.99. The quantitative estimate of drug-likeness (QED) is 0.764. The summed E-state index contributed by atoms with van der Waals surface area (Å²) in [5, 5.41) is 17.3. The highest BCUT2D eigenvalue weighted by Crippen LogP contribution is 2.16. The third kappa shape index (κ3) is 4.32. The molecule has 0 aliphatic rings. The van der Waals surface area contributed by atoms with Crippen molar-refractivity contribution < 1.29 is 18.3 Å². The van der Waals surface area contributed by atoms with E-state index in [4.69, 9.17) is 19.7 Å². The second-order valence-electron chi connectivity index (χ2n) is 4.49. The standard InChI is InChI=1S/C16H12FN3O3/c17-12-1-3-13(4-2-12)22-11-14-5-6-15(23-14)16(21)20(9-7-18)10-8-19/h1-6H,9-11H2. The number of halogens is 1. The molecule has 0 fully saturated rings. The number of carbonyl (C=O) groups is 1. The smallest absolute Gasteiger partial charge is 0.291 e. The number of amides is 1. The minimum absolute atomic E-state index is 0.0215. The molecule has 0 aliphatic heterocycles.